The molecule has 0 spiro atoms. The van der Waals surface area contributed by atoms with Gasteiger partial charge in [0.05, 0.1) is 11.4 Å². The van der Waals surface area contributed by atoms with Crippen molar-refractivity contribution in [1.29, 1.82) is 0 Å². The van der Waals surface area contributed by atoms with E-state index in [2.05, 4.69) is 9.97 Å². The van der Waals surface area contributed by atoms with Gasteiger partial charge in [0.25, 0.3) is 0 Å². The Bertz CT molecular complexity index is 951. The molecule has 4 heteroatoms. The molecule has 0 saturated heterocycles. The van der Waals surface area contributed by atoms with Gasteiger partial charge in [0, 0.05) is 23.8 Å². The SMILES string of the molecule is Nc1ccc(-c2ccnc(-c3cc(-c4ccc(N)cc4)ccn3)c2)cc1. The van der Waals surface area contributed by atoms with Crippen LogP contribution in [0.15, 0.2) is 85.2 Å². The summed E-state index contributed by atoms with van der Waals surface area (Å²) in [5.41, 5.74) is 19.1. The van der Waals surface area contributed by atoms with Gasteiger partial charge in [0.1, 0.15) is 0 Å². The Morgan fingerprint density at radius 2 is 0.846 bits per heavy atom. The van der Waals surface area contributed by atoms with Gasteiger partial charge in [-0.3, -0.25) is 9.97 Å². The van der Waals surface area contributed by atoms with Crippen molar-refractivity contribution >= 4 is 11.4 Å². The lowest BCUT2D eigenvalue weighted by Gasteiger charge is -2.07. The van der Waals surface area contributed by atoms with Gasteiger partial charge in [0.15, 0.2) is 0 Å². The molecule has 26 heavy (non-hydrogen) atoms. The van der Waals surface area contributed by atoms with Gasteiger partial charge in [0.2, 0.25) is 0 Å². The number of benzene rings is 2. The third-order valence-electron chi connectivity index (χ3n) is 4.27. The number of nitrogens with two attached hydrogens (primary N) is 2. The number of hydrogen-bond donors (Lipinski definition) is 2. The molecule has 0 fully saturated rings. The number of hydrogen-bond acceptors (Lipinski definition) is 4. The van der Waals surface area contributed by atoms with Crippen molar-refractivity contribution in [3.8, 4) is 33.6 Å². The Morgan fingerprint density at radius 3 is 1.23 bits per heavy atom. The molecule has 0 bridgehead atoms. The second kappa shape index (κ2) is 6.69. The highest BCUT2D eigenvalue weighted by atomic mass is 14.8. The van der Waals surface area contributed by atoms with Crippen LogP contribution in [0.2, 0.25) is 0 Å². The number of nitrogen functional groups attached to an aromatic ring is 2. The Balaban J connectivity index is 1.72. The molecule has 4 nitrogen and oxygen atoms in total. The Labute approximate surface area is 152 Å². The summed E-state index contributed by atoms with van der Waals surface area (Å²) >= 11 is 0. The molecule has 0 saturated carbocycles. The van der Waals surface area contributed by atoms with Gasteiger partial charge in [-0.15, -0.1) is 0 Å². The molecule has 2 aromatic carbocycles. The molecule has 0 atom stereocenters. The minimum absolute atomic E-state index is 0.751. The van der Waals surface area contributed by atoms with E-state index < -0.39 is 0 Å². The minimum Gasteiger partial charge on any atom is -0.399 e. The van der Waals surface area contributed by atoms with E-state index in [-0.39, 0.29) is 0 Å². The molecule has 0 amide bonds. The number of aromatic nitrogens is 2. The van der Waals surface area contributed by atoms with Crippen molar-refractivity contribution in [2.75, 3.05) is 11.5 Å². The van der Waals surface area contributed by atoms with Crippen LogP contribution in [0.25, 0.3) is 33.6 Å². The van der Waals surface area contributed by atoms with Crippen LogP contribution in [-0.2, 0) is 0 Å². The third kappa shape index (κ3) is 3.26. The first-order chi connectivity index (χ1) is 12.7. The fourth-order valence-electron chi connectivity index (χ4n) is 2.85. The molecule has 126 valence electrons. The van der Waals surface area contributed by atoms with Crippen LogP contribution in [-0.4, -0.2) is 9.97 Å². The van der Waals surface area contributed by atoms with Crippen LogP contribution in [0.4, 0.5) is 11.4 Å². The number of pyridine rings is 2. The van der Waals surface area contributed by atoms with Crippen molar-refractivity contribution < 1.29 is 0 Å². The predicted molar refractivity (Wildman–Crippen MR) is 107 cm³/mol. The van der Waals surface area contributed by atoms with E-state index in [0.29, 0.717) is 0 Å². The summed E-state index contributed by atoms with van der Waals surface area (Å²) in [5.74, 6) is 0. The van der Waals surface area contributed by atoms with Crippen LogP contribution in [0.1, 0.15) is 0 Å². The average Bonchev–Trinajstić information content (AvgIpc) is 2.69. The monoisotopic (exact) mass is 338 g/mol. The Morgan fingerprint density at radius 1 is 0.462 bits per heavy atom. The summed E-state index contributed by atoms with van der Waals surface area (Å²) in [7, 11) is 0. The normalized spacial score (nSPS) is 10.6. The van der Waals surface area contributed by atoms with E-state index in [0.717, 1.165) is 45.0 Å². The van der Waals surface area contributed by atoms with E-state index in [4.69, 9.17) is 11.5 Å². The third-order valence-corrected chi connectivity index (χ3v) is 4.27. The summed E-state index contributed by atoms with van der Waals surface area (Å²) in [6, 6.07) is 23.7. The largest absolute Gasteiger partial charge is 0.399 e. The van der Waals surface area contributed by atoms with E-state index in [1.54, 1.807) is 12.4 Å². The Kier molecular flexibility index (Phi) is 4.07. The molecule has 4 rings (SSSR count). The van der Waals surface area contributed by atoms with Crippen molar-refractivity contribution in [3.05, 3.63) is 85.2 Å². The van der Waals surface area contributed by atoms with E-state index in [1.165, 1.54) is 0 Å². The van der Waals surface area contributed by atoms with Gasteiger partial charge in [-0.05, 0) is 70.8 Å². The van der Waals surface area contributed by atoms with E-state index in [1.807, 2.05) is 72.8 Å². The smallest absolute Gasteiger partial charge is 0.0892 e. The van der Waals surface area contributed by atoms with Gasteiger partial charge in [-0.2, -0.15) is 0 Å². The van der Waals surface area contributed by atoms with Gasteiger partial charge >= 0.3 is 0 Å². The summed E-state index contributed by atoms with van der Waals surface area (Å²) in [6.07, 6.45) is 3.61. The zero-order valence-electron chi connectivity index (χ0n) is 14.1. The molecule has 4 aromatic rings. The molecular weight excluding hydrogens is 320 g/mol. The van der Waals surface area contributed by atoms with Crippen LogP contribution < -0.4 is 11.5 Å². The first kappa shape index (κ1) is 15.8. The summed E-state index contributed by atoms with van der Waals surface area (Å²) in [4.78, 5) is 8.99. The van der Waals surface area contributed by atoms with Crippen LogP contribution in [0, 0.1) is 0 Å². The van der Waals surface area contributed by atoms with E-state index >= 15 is 0 Å². The maximum absolute atomic E-state index is 5.78. The maximum atomic E-state index is 5.78. The van der Waals surface area contributed by atoms with Gasteiger partial charge in [-0.25, -0.2) is 0 Å². The zero-order valence-corrected chi connectivity index (χ0v) is 14.1. The van der Waals surface area contributed by atoms with Gasteiger partial charge < -0.3 is 11.5 Å². The lowest BCUT2D eigenvalue weighted by molar-refractivity contribution is 1.25. The number of rotatable bonds is 3. The molecule has 0 radical (unpaired) electrons. The lowest BCUT2D eigenvalue weighted by Crippen LogP contribution is -1.90. The summed E-state index contributed by atoms with van der Waals surface area (Å²) < 4.78 is 0. The zero-order chi connectivity index (χ0) is 17.9. The average molecular weight is 338 g/mol. The number of anilines is 2. The summed E-state index contributed by atoms with van der Waals surface area (Å²) in [5, 5.41) is 0. The van der Waals surface area contributed by atoms with Crippen LogP contribution in [0.5, 0.6) is 0 Å². The highest BCUT2D eigenvalue weighted by Gasteiger charge is 2.06. The highest BCUT2D eigenvalue weighted by molar-refractivity contribution is 5.73. The summed E-state index contributed by atoms with van der Waals surface area (Å²) in [6.45, 7) is 0. The van der Waals surface area contributed by atoms with Crippen molar-refractivity contribution in [3.63, 3.8) is 0 Å². The highest BCUT2D eigenvalue weighted by Crippen LogP contribution is 2.27. The van der Waals surface area contributed by atoms with E-state index in [9.17, 15) is 0 Å². The van der Waals surface area contributed by atoms with Crippen molar-refractivity contribution in [2.45, 2.75) is 0 Å². The molecule has 0 unspecified atom stereocenters. The molecule has 0 aliphatic rings. The first-order valence-electron chi connectivity index (χ1n) is 8.33. The molecule has 0 aliphatic heterocycles. The second-order valence-electron chi connectivity index (χ2n) is 6.10. The predicted octanol–water partition coefficient (Wildman–Crippen LogP) is 4.64. The molecule has 2 heterocycles. The fraction of sp³-hybridized carbons (Fsp3) is 0. The Hall–Kier alpha value is -3.66. The maximum Gasteiger partial charge on any atom is 0.0892 e. The first-order valence-corrected chi connectivity index (χ1v) is 8.33. The molecule has 4 N–H and O–H groups in total. The topological polar surface area (TPSA) is 77.8 Å². The fourth-order valence-corrected chi connectivity index (χ4v) is 2.85. The second-order valence-corrected chi connectivity index (χ2v) is 6.10. The van der Waals surface area contributed by atoms with Crippen molar-refractivity contribution in [2.24, 2.45) is 0 Å². The minimum atomic E-state index is 0.751. The lowest BCUT2D eigenvalue weighted by atomic mass is 10.0. The molecule has 2 aromatic heterocycles. The standard InChI is InChI=1S/C22H18N4/c23-19-5-1-15(2-6-19)17-9-11-25-21(13-17)22-14-18(10-12-26-22)16-3-7-20(24)8-4-16/h1-14H,23-24H2. The quantitative estimate of drug-likeness (QED) is 0.533. The van der Waals surface area contributed by atoms with Crippen molar-refractivity contribution in [1.82, 2.24) is 9.97 Å². The van der Waals surface area contributed by atoms with Crippen LogP contribution in [0.3, 0.4) is 0 Å². The molecule has 0 aliphatic carbocycles. The number of nitrogens with zero attached hydrogens (tertiary/aromatic N) is 2. The van der Waals surface area contributed by atoms with Gasteiger partial charge in [-0.1, -0.05) is 24.3 Å². The molecular formula is C22H18N4. The van der Waals surface area contributed by atoms with Crippen LogP contribution >= 0.6 is 0 Å².